The lowest BCUT2D eigenvalue weighted by Crippen LogP contribution is -2.57. The van der Waals surface area contributed by atoms with E-state index in [-0.39, 0.29) is 12.8 Å². The zero-order valence-corrected chi connectivity index (χ0v) is 19.3. The largest absolute Gasteiger partial charge is 0.481 e. The molecule has 182 valence electrons. The SMILES string of the molecule is CSCCC(NC(=O)C(CC(=O)O)NC(=O)C(C)N)C(=O)NC(Cc1ccccc1)C(=O)O. The lowest BCUT2D eigenvalue weighted by molar-refractivity contribution is -0.143. The van der Waals surface area contributed by atoms with Crippen LogP contribution in [0.3, 0.4) is 0 Å². The zero-order valence-electron chi connectivity index (χ0n) is 18.4. The van der Waals surface area contributed by atoms with E-state index in [2.05, 4.69) is 16.0 Å². The number of thioether (sulfide) groups is 1. The Hall–Kier alpha value is -3.12. The van der Waals surface area contributed by atoms with E-state index >= 15 is 0 Å². The summed E-state index contributed by atoms with van der Waals surface area (Å²) >= 11 is 1.41. The number of rotatable bonds is 14. The van der Waals surface area contributed by atoms with Crippen LogP contribution in [0, 0.1) is 0 Å². The van der Waals surface area contributed by atoms with Crippen LogP contribution in [0.15, 0.2) is 30.3 Å². The van der Waals surface area contributed by atoms with Crippen molar-refractivity contribution in [1.29, 1.82) is 0 Å². The Bertz CT molecular complexity index is 835. The third-order valence-corrected chi connectivity index (χ3v) is 5.21. The Balaban J connectivity index is 2.96. The molecule has 1 aromatic carbocycles. The van der Waals surface area contributed by atoms with Gasteiger partial charge >= 0.3 is 11.9 Å². The summed E-state index contributed by atoms with van der Waals surface area (Å²) in [6.07, 6.45) is 1.28. The first kappa shape index (κ1) is 27.9. The van der Waals surface area contributed by atoms with Crippen molar-refractivity contribution in [2.45, 2.75) is 50.4 Å². The Morgan fingerprint density at radius 2 is 1.45 bits per heavy atom. The number of carboxylic acids is 2. The first-order valence-corrected chi connectivity index (χ1v) is 11.6. The lowest BCUT2D eigenvalue weighted by atomic mass is 10.0. The molecule has 1 aromatic rings. The van der Waals surface area contributed by atoms with Crippen LogP contribution in [0.1, 0.15) is 25.3 Å². The normalized spacial score (nSPS) is 14.3. The van der Waals surface area contributed by atoms with Crippen molar-refractivity contribution >= 4 is 41.4 Å². The third-order valence-electron chi connectivity index (χ3n) is 4.57. The van der Waals surface area contributed by atoms with E-state index in [0.717, 1.165) is 0 Å². The minimum atomic E-state index is -1.45. The minimum Gasteiger partial charge on any atom is -0.481 e. The van der Waals surface area contributed by atoms with Gasteiger partial charge in [0.05, 0.1) is 12.5 Å². The van der Waals surface area contributed by atoms with Gasteiger partial charge in [-0.25, -0.2) is 4.79 Å². The van der Waals surface area contributed by atoms with Gasteiger partial charge in [0.15, 0.2) is 0 Å². The summed E-state index contributed by atoms with van der Waals surface area (Å²) in [6.45, 7) is 1.37. The van der Waals surface area contributed by atoms with Crippen LogP contribution in [-0.2, 0) is 30.4 Å². The highest BCUT2D eigenvalue weighted by atomic mass is 32.2. The van der Waals surface area contributed by atoms with Gasteiger partial charge < -0.3 is 31.9 Å². The summed E-state index contributed by atoms with van der Waals surface area (Å²) in [7, 11) is 0. The van der Waals surface area contributed by atoms with Gasteiger partial charge in [-0.2, -0.15) is 11.8 Å². The van der Waals surface area contributed by atoms with Crippen LogP contribution < -0.4 is 21.7 Å². The van der Waals surface area contributed by atoms with Crippen molar-refractivity contribution in [3.05, 3.63) is 35.9 Å². The summed E-state index contributed by atoms with van der Waals surface area (Å²) in [4.78, 5) is 60.2. The molecule has 4 atom stereocenters. The van der Waals surface area contributed by atoms with Gasteiger partial charge in [-0.15, -0.1) is 0 Å². The number of nitrogens with one attached hydrogen (secondary N) is 3. The molecule has 0 heterocycles. The monoisotopic (exact) mass is 482 g/mol. The molecule has 0 aromatic heterocycles. The van der Waals surface area contributed by atoms with Gasteiger partial charge in [0.2, 0.25) is 17.7 Å². The quantitative estimate of drug-likeness (QED) is 0.200. The fraction of sp³-hybridized carbons (Fsp3) is 0.476. The average molecular weight is 483 g/mol. The summed E-state index contributed by atoms with van der Waals surface area (Å²) in [6, 6.07) is 3.94. The minimum absolute atomic E-state index is 0.0389. The Morgan fingerprint density at radius 1 is 0.909 bits per heavy atom. The summed E-state index contributed by atoms with van der Waals surface area (Å²) in [5.74, 6) is -4.45. The molecule has 0 aliphatic rings. The van der Waals surface area contributed by atoms with Gasteiger partial charge in [0, 0.05) is 6.42 Å². The van der Waals surface area contributed by atoms with Gasteiger partial charge in [-0.3, -0.25) is 19.2 Å². The van der Waals surface area contributed by atoms with Crippen molar-refractivity contribution in [2.24, 2.45) is 5.73 Å². The highest BCUT2D eigenvalue weighted by molar-refractivity contribution is 7.98. The molecule has 11 nitrogen and oxygen atoms in total. The molecule has 0 bridgehead atoms. The molecule has 0 saturated heterocycles. The maximum Gasteiger partial charge on any atom is 0.326 e. The van der Waals surface area contributed by atoms with Crippen LogP contribution in [0.25, 0.3) is 0 Å². The smallest absolute Gasteiger partial charge is 0.326 e. The second kappa shape index (κ2) is 14.1. The molecule has 1 rings (SSSR count). The molecule has 0 spiro atoms. The van der Waals surface area contributed by atoms with Crippen LogP contribution in [0.2, 0.25) is 0 Å². The van der Waals surface area contributed by atoms with Crippen LogP contribution in [0.4, 0.5) is 0 Å². The molecule has 4 unspecified atom stereocenters. The number of benzene rings is 1. The molecule has 12 heteroatoms. The summed E-state index contributed by atoms with van der Waals surface area (Å²) in [5, 5.41) is 25.7. The topological polar surface area (TPSA) is 188 Å². The van der Waals surface area contributed by atoms with E-state index < -0.39 is 60.2 Å². The predicted octanol–water partition coefficient (Wildman–Crippen LogP) is -0.657. The molecule has 0 aliphatic carbocycles. The van der Waals surface area contributed by atoms with Crippen molar-refractivity contribution in [3.63, 3.8) is 0 Å². The zero-order chi connectivity index (χ0) is 25.0. The molecule has 0 fully saturated rings. The number of carboxylic acid groups (broad SMARTS) is 2. The predicted molar refractivity (Wildman–Crippen MR) is 122 cm³/mol. The van der Waals surface area contributed by atoms with Crippen LogP contribution >= 0.6 is 11.8 Å². The van der Waals surface area contributed by atoms with Gasteiger partial charge in [-0.1, -0.05) is 30.3 Å². The van der Waals surface area contributed by atoms with E-state index in [0.29, 0.717) is 11.3 Å². The highest BCUT2D eigenvalue weighted by Crippen LogP contribution is 2.07. The fourth-order valence-corrected chi connectivity index (χ4v) is 3.26. The number of amides is 3. The van der Waals surface area contributed by atoms with Gasteiger partial charge in [-0.05, 0) is 30.9 Å². The average Bonchev–Trinajstić information content (AvgIpc) is 2.75. The fourth-order valence-electron chi connectivity index (χ4n) is 2.79. The number of hydrogen-bond acceptors (Lipinski definition) is 7. The number of carbonyl (C=O) groups excluding carboxylic acids is 3. The molecular weight excluding hydrogens is 452 g/mol. The van der Waals surface area contributed by atoms with E-state index in [4.69, 9.17) is 10.8 Å². The molecule has 3 amide bonds. The summed E-state index contributed by atoms with van der Waals surface area (Å²) < 4.78 is 0. The van der Waals surface area contributed by atoms with Gasteiger partial charge in [0.1, 0.15) is 18.1 Å². The molecule has 7 N–H and O–H groups in total. The first-order chi connectivity index (χ1) is 15.5. The highest BCUT2D eigenvalue weighted by Gasteiger charge is 2.30. The van der Waals surface area contributed by atoms with Gasteiger partial charge in [0.25, 0.3) is 0 Å². The number of aliphatic carboxylic acids is 2. The maximum atomic E-state index is 12.8. The third kappa shape index (κ3) is 10.4. The second-order valence-electron chi connectivity index (χ2n) is 7.38. The van der Waals surface area contributed by atoms with Crippen molar-refractivity contribution in [3.8, 4) is 0 Å². The molecule has 0 saturated carbocycles. The van der Waals surface area contributed by atoms with Crippen LogP contribution in [0.5, 0.6) is 0 Å². The Morgan fingerprint density at radius 3 is 1.97 bits per heavy atom. The van der Waals surface area contributed by atoms with Crippen molar-refractivity contribution in [1.82, 2.24) is 16.0 Å². The van der Waals surface area contributed by atoms with E-state index in [1.807, 2.05) is 0 Å². The number of hydrogen-bond donors (Lipinski definition) is 6. The Kier molecular flexibility index (Phi) is 11.9. The van der Waals surface area contributed by atoms with Crippen molar-refractivity contribution in [2.75, 3.05) is 12.0 Å². The lowest BCUT2D eigenvalue weighted by Gasteiger charge is -2.24. The first-order valence-electron chi connectivity index (χ1n) is 10.2. The van der Waals surface area contributed by atoms with E-state index in [9.17, 15) is 29.1 Å². The van der Waals surface area contributed by atoms with E-state index in [1.165, 1.54) is 18.7 Å². The molecule has 0 radical (unpaired) electrons. The second-order valence-corrected chi connectivity index (χ2v) is 8.37. The number of nitrogens with two attached hydrogens (primary N) is 1. The maximum absolute atomic E-state index is 12.8. The van der Waals surface area contributed by atoms with Crippen molar-refractivity contribution < 1.29 is 34.2 Å². The molecule has 33 heavy (non-hydrogen) atoms. The standard InChI is InChI=1S/C21H30N4O7S/c1-12(22)18(28)24-15(11-17(26)27)20(30)23-14(8-9-33-2)19(29)25-16(21(31)32)10-13-6-4-3-5-7-13/h3-7,12,14-16H,8-11,22H2,1-2H3,(H,23,30)(H,24,28)(H,25,29)(H,26,27)(H,31,32). The van der Waals surface area contributed by atoms with Crippen LogP contribution in [-0.4, -0.2) is 76.0 Å². The Labute approximate surface area is 195 Å². The number of carbonyl (C=O) groups is 5. The molecule has 0 aliphatic heterocycles. The van der Waals surface area contributed by atoms with E-state index in [1.54, 1.807) is 36.6 Å². The molecular formula is C21H30N4O7S. The summed E-state index contributed by atoms with van der Waals surface area (Å²) in [5.41, 5.74) is 6.17.